The summed E-state index contributed by atoms with van der Waals surface area (Å²) < 4.78 is 5.36. The van der Waals surface area contributed by atoms with Crippen molar-refractivity contribution < 1.29 is 14.3 Å². The first-order valence-electron chi connectivity index (χ1n) is 8.37. The molecule has 0 fully saturated rings. The van der Waals surface area contributed by atoms with Gasteiger partial charge in [-0.3, -0.25) is 0 Å². The maximum Gasteiger partial charge on any atom is 0.329 e. The van der Waals surface area contributed by atoms with E-state index in [9.17, 15) is 9.59 Å². The van der Waals surface area contributed by atoms with Gasteiger partial charge in [0.2, 0.25) is 0 Å². The number of carbonyl (C=O) groups excluding carboxylic acids is 2. The van der Waals surface area contributed by atoms with Crippen LogP contribution >= 0.6 is 0 Å². The molecule has 2 aromatic carbocycles. The van der Waals surface area contributed by atoms with E-state index in [4.69, 9.17) is 4.74 Å². The fraction of sp³-hybridized carbons (Fsp3) is 0.300. The normalized spacial score (nSPS) is 11.6. The van der Waals surface area contributed by atoms with Crippen molar-refractivity contribution in [1.29, 1.82) is 0 Å². The van der Waals surface area contributed by atoms with Crippen LogP contribution in [-0.4, -0.2) is 18.0 Å². The third-order valence-corrected chi connectivity index (χ3v) is 3.55. The summed E-state index contributed by atoms with van der Waals surface area (Å²) in [5.41, 5.74) is 1.58. The van der Waals surface area contributed by atoms with Gasteiger partial charge >= 0.3 is 12.0 Å². The first-order chi connectivity index (χ1) is 12.0. The first kappa shape index (κ1) is 18.5. The van der Waals surface area contributed by atoms with Crippen molar-refractivity contribution >= 4 is 17.7 Å². The second-order valence-corrected chi connectivity index (χ2v) is 6.24. The number of rotatable bonds is 7. The summed E-state index contributed by atoms with van der Waals surface area (Å²) >= 11 is 0. The number of benzene rings is 2. The van der Waals surface area contributed by atoms with E-state index < -0.39 is 18.0 Å². The molecule has 0 saturated heterocycles. The van der Waals surface area contributed by atoms with Gasteiger partial charge in [-0.2, -0.15) is 0 Å². The smallest absolute Gasteiger partial charge is 0.329 e. The van der Waals surface area contributed by atoms with E-state index >= 15 is 0 Å². The van der Waals surface area contributed by atoms with Gasteiger partial charge in [-0.15, -0.1) is 0 Å². The average Bonchev–Trinajstić information content (AvgIpc) is 2.60. The zero-order valence-corrected chi connectivity index (χ0v) is 14.6. The highest BCUT2D eigenvalue weighted by Crippen LogP contribution is 2.10. The molecule has 0 spiro atoms. The molecule has 25 heavy (non-hydrogen) atoms. The molecule has 2 N–H and O–H groups in total. The molecule has 0 radical (unpaired) electrons. The predicted molar refractivity (Wildman–Crippen MR) is 98.1 cm³/mol. The molecule has 0 unspecified atom stereocenters. The van der Waals surface area contributed by atoms with Crippen LogP contribution in [0.1, 0.15) is 25.8 Å². The molecule has 1 atom stereocenters. The van der Waals surface area contributed by atoms with Crippen LogP contribution in [0.4, 0.5) is 10.5 Å². The van der Waals surface area contributed by atoms with Crippen LogP contribution in [0.5, 0.6) is 0 Å². The summed E-state index contributed by atoms with van der Waals surface area (Å²) in [6, 6.07) is 17.4. The van der Waals surface area contributed by atoms with Crippen LogP contribution < -0.4 is 10.6 Å². The summed E-state index contributed by atoms with van der Waals surface area (Å²) in [5, 5.41) is 5.42. The summed E-state index contributed by atoms with van der Waals surface area (Å²) in [4.78, 5) is 24.5. The Morgan fingerprint density at radius 3 is 2.16 bits per heavy atom. The quantitative estimate of drug-likeness (QED) is 0.750. The number of hydrogen-bond donors (Lipinski definition) is 2. The van der Waals surface area contributed by atoms with Crippen molar-refractivity contribution in [1.82, 2.24) is 5.32 Å². The number of hydrogen-bond acceptors (Lipinski definition) is 3. The highest BCUT2D eigenvalue weighted by molar-refractivity contribution is 5.92. The molecule has 0 saturated carbocycles. The molecule has 0 aliphatic rings. The van der Waals surface area contributed by atoms with Crippen LogP contribution in [0.25, 0.3) is 0 Å². The van der Waals surface area contributed by atoms with Crippen molar-refractivity contribution in [3.63, 3.8) is 0 Å². The zero-order chi connectivity index (χ0) is 18.1. The standard InChI is InChI=1S/C20H24N2O3/c1-15(2)13-18(19(23)25-14-16-9-5-3-6-10-16)22-20(24)21-17-11-7-4-8-12-17/h3-12,15,18H,13-14H2,1-2H3,(H2,21,22,24)/t18-/m0/s1. The Morgan fingerprint density at radius 2 is 1.56 bits per heavy atom. The van der Waals surface area contributed by atoms with Crippen molar-refractivity contribution in [3.8, 4) is 0 Å². The van der Waals surface area contributed by atoms with Crippen LogP contribution in [0, 0.1) is 5.92 Å². The van der Waals surface area contributed by atoms with Gasteiger partial charge in [0.05, 0.1) is 0 Å². The topological polar surface area (TPSA) is 67.4 Å². The van der Waals surface area contributed by atoms with Crippen molar-refractivity contribution in [2.45, 2.75) is 32.9 Å². The molecule has 132 valence electrons. The Labute approximate surface area is 148 Å². The number of amides is 2. The second kappa shape index (κ2) is 9.47. The number of carbonyl (C=O) groups is 2. The molecular formula is C20H24N2O3. The molecule has 0 bridgehead atoms. The molecule has 0 aliphatic heterocycles. The Bertz CT molecular complexity index is 672. The summed E-state index contributed by atoms with van der Waals surface area (Å²) in [6.07, 6.45) is 0.510. The summed E-state index contributed by atoms with van der Waals surface area (Å²) in [7, 11) is 0. The molecule has 2 rings (SSSR count). The number of anilines is 1. The number of urea groups is 1. The average molecular weight is 340 g/mol. The second-order valence-electron chi connectivity index (χ2n) is 6.24. The SMILES string of the molecule is CC(C)C[C@H](NC(=O)Nc1ccccc1)C(=O)OCc1ccccc1. The Balaban J connectivity index is 1.92. The number of para-hydroxylation sites is 1. The molecule has 0 aliphatic carbocycles. The molecule has 0 heterocycles. The maximum atomic E-state index is 12.4. The fourth-order valence-corrected chi connectivity index (χ4v) is 2.36. The van der Waals surface area contributed by atoms with Gasteiger partial charge in [-0.1, -0.05) is 62.4 Å². The van der Waals surface area contributed by atoms with Crippen molar-refractivity contribution in [2.24, 2.45) is 5.92 Å². The Morgan fingerprint density at radius 1 is 0.960 bits per heavy atom. The number of esters is 1. The molecule has 0 aromatic heterocycles. The Kier molecular flexibility index (Phi) is 7.01. The fourth-order valence-electron chi connectivity index (χ4n) is 2.36. The lowest BCUT2D eigenvalue weighted by atomic mass is 10.0. The van der Waals surface area contributed by atoms with Crippen LogP contribution in [-0.2, 0) is 16.1 Å². The summed E-state index contributed by atoms with van der Waals surface area (Å²) in [5.74, 6) is -0.188. The van der Waals surface area contributed by atoms with Crippen LogP contribution in [0.2, 0.25) is 0 Å². The number of nitrogens with one attached hydrogen (secondary N) is 2. The lowest BCUT2D eigenvalue weighted by Crippen LogP contribution is -2.44. The zero-order valence-electron chi connectivity index (χ0n) is 14.6. The maximum absolute atomic E-state index is 12.4. The van der Waals surface area contributed by atoms with Crippen LogP contribution in [0.15, 0.2) is 60.7 Å². The van der Waals surface area contributed by atoms with Gasteiger partial charge in [-0.05, 0) is 30.0 Å². The Hall–Kier alpha value is -2.82. The van der Waals surface area contributed by atoms with Gasteiger partial charge in [0.15, 0.2) is 0 Å². The van der Waals surface area contributed by atoms with Gasteiger partial charge in [0.1, 0.15) is 12.6 Å². The monoisotopic (exact) mass is 340 g/mol. The van der Waals surface area contributed by atoms with E-state index in [-0.39, 0.29) is 12.5 Å². The largest absolute Gasteiger partial charge is 0.459 e. The lowest BCUT2D eigenvalue weighted by Gasteiger charge is -2.19. The number of ether oxygens (including phenoxy) is 1. The van der Waals surface area contributed by atoms with Crippen LogP contribution in [0.3, 0.4) is 0 Å². The van der Waals surface area contributed by atoms with Gasteiger partial charge in [-0.25, -0.2) is 9.59 Å². The molecule has 5 nitrogen and oxygen atoms in total. The van der Waals surface area contributed by atoms with E-state index in [2.05, 4.69) is 10.6 Å². The van der Waals surface area contributed by atoms with Gasteiger partial charge < -0.3 is 15.4 Å². The van der Waals surface area contributed by atoms with E-state index in [1.807, 2.05) is 62.4 Å². The third kappa shape index (κ3) is 6.67. The van der Waals surface area contributed by atoms with E-state index in [0.29, 0.717) is 12.1 Å². The van der Waals surface area contributed by atoms with E-state index in [1.54, 1.807) is 12.1 Å². The molecule has 2 amide bonds. The third-order valence-electron chi connectivity index (χ3n) is 3.55. The molecular weight excluding hydrogens is 316 g/mol. The van der Waals surface area contributed by atoms with Crippen molar-refractivity contribution in [2.75, 3.05) is 5.32 Å². The summed E-state index contributed by atoms with van der Waals surface area (Å²) in [6.45, 7) is 4.18. The molecule has 2 aromatic rings. The highest BCUT2D eigenvalue weighted by Gasteiger charge is 2.23. The van der Waals surface area contributed by atoms with Crippen molar-refractivity contribution in [3.05, 3.63) is 66.2 Å². The lowest BCUT2D eigenvalue weighted by molar-refractivity contribution is -0.147. The van der Waals surface area contributed by atoms with E-state index in [0.717, 1.165) is 5.56 Å². The highest BCUT2D eigenvalue weighted by atomic mass is 16.5. The van der Waals surface area contributed by atoms with Gasteiger partial charge in [0, 0.05) is 5.69 Å². The first-order valence-corrected chi connectivity index (χ1v) is 8.37. The van der Waals surface area contributed by atoms with Gasteiger partial charge in [0.25, 0.3) is 0 Å². The predicted octanol–water partition coefficient (Wildman–Crippen LogP) is 3.97. The molecule has 5 heteroatoms. The van der Waals surface area contributed by atoms with E-state index in [1.165, 1.54) is 0 Å². The minimum absolute atomic E-state index is 0.191. The minimum Gasteiger partial charge on any atom is -0.459 e. The minimum atomic E-state index is -0.688.